The van der Waals surface area contributed by atoms with Crippen LogP contribution in [0.5, 0.6) is 5.88 Å². The van der Waals surface area contributed by atoms with Gasteiger partial charge in [-0.2, -0.15) is 0 Å². The zero-order chi connectivity index (χ0) is 12.3. The molecule has 3 nitrogen and oxygen atoms in total. The molecule has 94 valence electrons. The zero-order valence-electron chi connectivity index (χ0n) is 10.2. The summed E-state index contributed by atoms with van der Waals surface area (Å²) in [5.41, 5.74) is 6.95. The van der Waals surface area contributed by atoms with Gasteiger partial charge in [-0.15, -0.1) is 0 Å². The van der Waals surface area contributed by atoms with Crippen LogP contribution in [0.25, 0.3) is 0 Å². The number of halogens is 1. The minimum atomic E-state index is 0.222. The maximum absolute atomic E-state index is 6.03. The summed E-state index contributed by atoms with van der Waals surface area (Å²) in [6.07, 6.45) is 6.76. The van der Waals surface area contributed by atoms with Crippen LogP contribution in [0.15, 0.2) is 16.7 Å². The van der Waals surface area contributed by atoms with Crippen LogP contribution in [0.1, 0.15) is 31.2 Å². The van der Waals surface area contributed by atoms with Gasteiger partial charge in [0.25, 0.3) is 0 Å². The lowest BCUT2D eigenvalue weighted by atomic mass is 9.86. The highest BCUT2D eigenvalue weighted by Gasteiger charge is 2.26. The number of aryl methyl sites for hydroxylation is 1. The maximum atomic E-state index is 6.03. The molecular weight excluding hydrogens is 280 g/mol. The maximum Gasteiger partial charge on any atom is 0.228 e. The molecule has 17 heavy (non-hydrogen) atoms. The summed E-state index contributed by atoms with van der Waals surface area (Å²) in [6.45, 7) is 2.74. The first-order valence-electron chi connectivity index (χ1n) is 6.20. The number of pyridine rings is 1. The number of ether oxygens (including phenoxy) is 1. The van der Waals surface area contributed by atoms with Gasteiger partial charge in [0.15, 0.2) is 0 Å². The Morgan fingerprint density at radius 2 is 2.24 bits per heavy atom. The lowest BCUT2D eigenvalue weighted by Crippen LogP contribution is -2.35. The molecule has 1 aliphatic carbocycles. The van der Waals surface area contributed by atoms with Gasteiger partial charge in [-0.1, -0.05) is 6.42 Å². The summed E-state index contributed by atoms with van der Waals surface area (Å²) in [6, 6.07) is 1.97. The van der Waals surface area contributed by atoms with Crippen molar-refractivity contribution in [3.8, 4) is 5.88 Å². The fourth-order valence-corrected chi connectivity index (χ4v) is 2.67. The van der Waals surface area contributed by atoms with Gasteiger partial charge in [0.1, 0.15) is 6.10 Å². The van der Waals surface area contributed by atoms with Crippen LogP contribution in [0.2, 0.25) is 0 Å². The summed E-state index contributed by atoms with van der Waals surface area (Å²) >= 11 is 3.53. The molecule has 2 N–H and O–H groups in total. The molecule has 1 heterocycles. The minimum absolute atomic E-state index is 0.222. The highest BCUT2D eigenvalue weighted by atomic mass is 79.9. The quantitative estimate of drug-likeness (QED) is 0.933. The van der Waals surface area contributed by atoms with Crippen LogP contribution in [0.3, 0.4) is 0 Å². The van der Waals surface area contributed by atoms with Crippen LogP contribution < -0.4 is 10.5 Å². The Morgan fingerprint density at radius 3 is 3.00 bits per heavy atom. The summed E-state index contributed by atoms with van der Waals surface area (Å²) in [5.74, 6) is 1.17. The number of hydrogen-bond donors (Lipinski definition) is 1. The van der Waals surface area contributed by atoms with Gasteiger partial charge < -0.3 is 10.5 Å². The van der Waals surface area contributed by atoms with Gasteiger partial charge in [0.05, 0.1) is 4.47 Å². The molecule has 0 aromatic carbocycles. The van der Waals surface area contributed by atoms with E-state index in [1.54, 1.807) is 6.20 Å². The fourth-order valence-electron chi connectivity index (χ4n) is 2.34. The van der Waals surface area contributed by atoms with Crippen molar-refractivity contribution in [2.75, 3.05) is 6.54 Å². The highest BCUT2D eigenvalue weighted by molar-refractivity contribution is 9.10. The van der Waals surface area contributed by atoms with Gasteiger partial charge >= 0.3 is 0 Å². The fraction of sp³-hybridized carbons (Fsp3) is 0.615. The molecule has 1 fully saturated rings. The van der Waals surface area contributed by atoms with Gasteiger partial charge in [-0.3, -0.25) is 0 Å². The molecule has 1 aliphatic rings. The van der Waals surface area contributed by atoms with Crippen molar-refractivity contribution >= 4 is 15.9 Å². The zero-order valence-corrected chi connectivity index (χ0v) is 11.7. The molecule has 0 saturated heterocycles. The van der Waals surface area contributed by atoms with E-state index in [0.717, 1.165) is 16.5 Å². The molecule has 0 amide bonds. The van der Waals surface area contributed by atoms with Crippen LogP contribution in [0, 0.1) is 12.8 Å². The first kappa shape index (κ1) is 12.8. The Balaban J connectivity index is 2.11. The van der Waals surface area contributed by atoms with Crippen molar-refractivity contribution in [3.63, 3.8) is 0 Å². The third kappa shape index (κ3) is 2.99. The molecule has 4 heteroatoms. The smallest absolute Gasteiger partial charge is 0.228 e. The molecule has 0 bridgehead atoms. The molecule has 1 aromatic heterocycles. The van der Waals surface area contributed by atoms with Crippen LogP contribution >= 0.6 is 15.9 Å². The predicted molar refractivity (Wildman–Crippen MR) is 72.1 cm³/mol. The average molecular weight is 299 g/mol. The van der Waals surface area contributed by atoms with Crippen molar-refractivity contribution in [1.29, 1.82) is 0 Å². The summed E-state index contributed by atoms with van der Waals surface area (Å²) in [5, 5.41) is 0. The normalized spacial score (nSPS) is 24.6. The van der Waals surface area contributed by atoms with Gasteiger partial charge in [-0.05, 0) is 60.3 Å². The SMILES string of the molecule is Cc1ccnc(OC2CCCCC2CN)c1Br. The highest BCUT2D eigenvalue weighted by Crippen LogP contribution is 2.31. The Kier molecular flexibility index (Phi) is 4.40. The Hall–Kier alpha value is -0.610. The number of nitrogens with two attached hydrogens (primary N) is 1. The first-order valence-corrected chi connectivity index (χ1v) is 6.99. The standard InChI is InChI=1S/C13H19BrN2O/c1-9-6-7-16-13(12(9)14)17-11-5-3-2-4-10(11)8-15/h6-7,10-11H,2-5,8,15H2,1H3. The largest absolute Gasteiger partial charge is 0.473 e. The molecule has 2 unspecified atom stereocenters. The molecule has 2 rings (SSSR count). The third-order valence-electron chi connectivity index (χ3n) is 3.46. The average Bonchev–Trinajstić information content (AvgIpc) is 2.35. The van der Waals surface area contributed by atoms with Crippen molar-refractivity contribution in [2.45, 2.75) is 38.7 Å². The first-order chi connectivity index (χ1) is 8.22. The van der Waals surface area contributed by atoms with Crippen molar-refractivity contribution in [1.82, 2.24) is 4.98 Å². The second-order valence-electron chi connectivity index (χ2n) is 4.68. The van der Waals surface area contributed by atoms with E-state index < -0.39 is 0 Å². The topological polar surface area (TPSA) is 48.1 Å². The minimum Gasteiger partial charge on any atom is -0.473 e. The van der Waals surface area contributed by atoms with E-state index in [-0.39, 0.29) is 6.10 Å². The molecular formula is C13H19BrN2O. The van der Waals surface area contributed by atoms with E-state index in [0.29, 0.717) is 18.3 Å². The van der Waals surface area contributed by atoms with Gasteiger partial charge in [0.2, 0.25) is 5.88 Å². The van der Waals surface area contributed by atoms with Crippen molar-refractivity contribution in [3.05, 3.63) is 22.3 Å². The van der Waals surface area contributed by atoms with E-state index in [1.807, 2.05) is 13.0 Å². The van der Waals surface area contributed by atoms with E-state index >= 15 is 0 Å². The number of hydrogen-bond acceptors (Lipinski definition) is 3. The lowest BCUT2D eigenvalue weighted by molar-refractivity contribution is 0.0914. The van der Waals surface area contributed by atoms with E-state index in [2.05, 4.69) is 20.9 Å². The van der Waals surface area contributed by atoms with Crippen LogP contribution in [0.4, 0.5) is 0 Å². The summed E-state index contributed by atoms with van der Waals surface area (Å²) in [4.78, 5) is 4.29. The number of nitrogens with zero attached hydrogens (tertiary/aromatic N) is 1. The van der Waals surface area contributed by atoms with Crippen molar-refractivity contribution in [2.24, 2.45) is 11.7 Å². The van der Waals surface area contributed by atoms with Gasteiger partial charge in [-0.25, -0.2) is 4.98 Å². The second kappa shape index (κ2) is 5.83. The third-order valence-corrected chi connectivity index (χ3v) is 4.42. The predicted octanol–water partition coefficient (Wildman–Crippen LogP) is 3.05. The number of rotatable bonds is 3. The summed E-state index contributed by atoms with van der Waals surface area (Å²) < 4.78 is 6.99. The lowest BCUT2D eigenvalue weighted by Gasteiger charge is -2.30. The number of aromatic nitrogens is 1. The van der Waals surface area contributed by atoms with Crippen LogP contribution in [-0.4, -0.2) is 17.6 Å². The Morgan fingerprint density at radius 1 is 1.47 bits per heavy atom. The van der Waals surface area contributed by atoms with E-state index in [1.165, 1.54) is 19.3 Å². The Labute approximate surface area is 111 Å². The molecule has 1 aromatic rings. The summed E-state index contributed by atoms with van der Waals surface area (Å²) in [7, 11) is 0. The monoisotopic (exact) mass is 298 g/mol. The van der Waals surface area contributed by atoms with E-state index in [9.17, 15) is 0 Å². The second-order valence-corrected chi connectivity index (χ2v) is 5.48. The van der Waals surface area contributed by atoms with Gasteiger partial charge in [0, 0.05) is 12.1 Å². The molecule has 0 radical (unpaired) electrons. The van der Waals surface area contributed by atoms with Crippen LogP contribution in [-0.2, 0) is 0 Å². The molecule has 0 aliphatic heterocycles. The molecule has 1 saturated carbocycles. The molecule has 0 spiro atoms. The van der Waals surface area contributed by atoms with Crippen molar-refractivity contribution < 1.29 is 4.74 Å². The Bertz CT molecular complexity index is 384. The molecule has 2 atom stereocenters. The van der Waals surface area contributed by atoms with E-state index in [4.69, 9.17) is 10.5 Å².